The summed E-state index contributed by atoms with van der Waals surface area (Å²) in [7, 11) is 0. The highest BCUT2D eigenvalue weighted by Gasteiger charge is 2.22. The molecule has 0 saturated heterocycles. The fourth-order valence-corrected chi connectivity index (χ4v) is 4.10. The minimum atomic E-state index is -0.703. The maximum Gasteiger partial charge on any atom is 0.340 e. The van der Waals surface area contributed by atoms with Gasteiger partial charge in [0, 0.05) is 34.2 Å². The lowest BCUT2D eigenvalue weighted by Crippen LogP contribution is -2.10. The number of benzene rings is 1. The van der Waals surface area contributed by atoms with Gasteiger partial charge in [-0.05, 0) is 45.0 Å². The number of hydrogen-bond acceptors (Lipinski definition) is 9. The highest BCUT2D eigenvalue weighted by atomic mass is 32.2. The van der Waals surface area contributed by atoms with E-state index < -0.39 is 12.1 Å². The lowest BCUT2D eigenvalue weighted by molar-refractivity contribution is 0.0261. The summed E-state index contributed by atoms with van der Waals surface area (Å²) in [4.78, 5) is 22.0. The summed E-state index contributed by atoms with van der Waals surface area (Å²) in [6.07, 6.45) is 2.60. The van der Waals surface area contributed by atoms with Crippen LogP contribution < -0.4 is 0 Å². The molecular formula is C22H20N4O4S. The molecule has 4 rings (SSSR count). The number of carbonyl (C=O) groups excluding carboxylic acids is 1. The molecule has 0 aliphatic carbocycles. The minimum Gasteiger partial charge on any atom is -0.449 e. The Balaban J connectivity index is 1.46. The number of rotatable bonds is 7. The first-order chi connectivity index (χ1) is 15.0. The van der Waals surface area contributed by atoms with E-state index in [0.717, 1.165) is 27.5 Å². The van der Waals surface area contributed by atoms with Crippen LogP contribution in [-0.4, -0.2) is 26.3 Å². The van der Waals surface area contributed by atoms with Gasteiger partial charge in [0.25, 0.3) is 5.89 Å². The molecule has 0 N–H and O–H groups in total. The summed E-state index contributed by atoms with van der Waals surface area (Å²) in [6.45, 7) is 5.47. The van der Waals surface area contributed by atoms with Crippen LogP contribution in [0.4, 0.5) is 0 Å². The summed E-state index contributed by atoms with van der Waals surface area (Å²) in [5, 5.41) is 7.92. The van der Waals surface area contributed by atoms with Crippen molar-refractivity contribution in [1.29, 1.82) is 0 Å². The van der Waals surface area contributed by atoms with Gasteiger partial charge in [-0.1, -0.05) is 22.4 Å². The Labute approximate surface area is 183 Å². The second kappa shape index (κ2) is 9.13. The number of nitrogens with zero attached hydrogens (tertiary/aromatic N) is 4. The molecule has 0 bridgehead atoms. The molecule has 8 nitrogen and oxygen atoms in total. The van der Waals surface area contributed by atoms with E-state index in [1.54, 1.807) is 37.5 Å². The number of aromatic nitrogens is 4. The van der Waals surface area contributed by atoms with Crippen LogP contribution in [0.1, 0.15) is 46.3 Å². The van der Waals surface area contributed by atoms with Gasteiger partial charge in [-0.2, -0.15) is 4.98 Å². The zero-order valence-corrected chi connectivity index (χ0v) is 18.0. The van der Waals surface area contributed by atoms with Gasteiger partial charge in [0.2, 0.25) is 5.82 Å². The summed E-state index contributed by atoms with van der Waals surface area (Å²) >= 11 is 1.53. The molecule has 9 heteroatoms. The first-order valence-corrected chi connectivity index (χ1v) is 10.6. The van der Waals surface area contributed by atoms with Crippen molar-refractivity contribution in [1.82, 2.24) is 20.3 Å². The molecule has 0 radical (unpaired) electrons. The fraction of sp³-hybridized carbons (Fsp3) is 0.227. The molecule has 31 heavy (non-hydrogen) atoms. The fourth-order valence-electron chi connectivity index (χ4n) is 2.91. The van der Waals surface area contributed by atoms with E-state index in [0.29, 0.717) is 17.1 Å². The van der Waals surface area contributed by atoms with E-state index in [1.807, 2.05) is 32.0 Å². The highest BCUT2D eigenvalue weighted by Crippen LogP contribution is 2.30. The molecule has 3 aromatic heterocycles. The summed E-state index contributed by atoms with van der Waals surface area (Å²) in [6, 6.07) is 10.9. The van der Waals surface area contributed by atoms with Crippen molar-refractivity contribution in [2.24, 2.45) is 0 Å². The molecule has 1 aromatic carbocycles. The molecule has 0 aliphatic rings. The molecule has 4 aromatic rings. The lowest BCUT2D eigenvalue weighted by Gasteiger charge is -2.12. The van der Waals surface area contributed by atoms with Gasteiger partial charge in [-0.3, -0.25) is 4.98 Å². The molecule has 0 fully saturated rings. The summed E-state index contributed by atoms with van der Waals surface area (Å²) in [5.74, 6) is 1.56. The third-order valence-electron chi connectivity index (χ3n) is 4.65. The molecule has 0 spiro atoms. The van der Waals surface area contributed by atoms with Crippen molar-refractivity contribution >= 4 is 17.7 Å². The van der Waals surface area contributed by atoms with Crippen LogP contribution in [-0.2, 0) is 10.5 Å². The smallest absolute Gasteiger partial charge is 0.340 e. The number of esters is 1. The van der Waals surface area contributed by atoms with Crippen LogP contribution in [0.5, 0.6) is 0 Å². The van der Waals surface area contributed by atoms with Crippen molar-refractivity contribution < 1.29 is 18.6 Å². The number of thioether (sulfide) groups is 1. The highest BCUT2D eigenvalue weighted by molar-refractivity contribution is 7.98. The number of pyridine rings is 1. The first-order valence-electron chi connectivity index (χ1n) is 9.61. The number of hydrogen-bond donors (Lipinski definition) is 0. The minimum absolute atomic E-state index is 0.216. The van der Waals surface area contributed by atoms with Crippen LogP contribution >= 0.6 is 11.8 Å². The number of ether oxygens (including phenoxy) is 1. The maximum absolute atomic E-state index is 12.9. The van der Waals surface area contributed by atoms with E-state index in [2.05, 4.69) is 20.3 Å². The molecule has 3 heterocycles. The molecule has 0 saturated carbocycles. The third-order valence-corrected chi connectivity index (χ3v) is 5.75. The lowest BCUT2D eigenvalue weighted by atomic mass is 10.2. The van der Waals surface area contributed by atoms with Crippen molar-refractivity contribution in [3.63, 3.8) is 0 Å². The Kier molecular flexibility index (Phi) is 6.13. The Morgan fingerprint density at radius 3 is 2.71 bits per heavy atom. The summed E-state index contributed by atoms with van der Waals surface area (Å²) in [5.41, 5.74) is 3.06. The topological polar surface area (TPSA) is 104 Å². The van der Waals surface area contributed by atoms with Crippen molar-refractivity contribution in [2.45, 2.75) is 37.5 Å². The zero-order chi connectivity index (χ0) is 21.8. The van der Waals surface area contributed by atoms with Gasteiger partial charge in [-0.15, -0.1) is 11.8 Å². The normalized spacial score (nSPS) is 12.0. The number of carbonyl (C=O) groups is 1. The van der Waals surface area contributed by atoms with Crippen LogP contribution in [0, 0.1) is 13.8 Å². The third kappa shape index (κ3) is 4.66. The van der Waals surface area contributed by atoms with Crippen LogP contribution in [0.2, 0.25) is 0 Å². The van der Waals surface area contributed by atoms with Gasteiger partial charge >= 0.3 is 5.97 Å². The zero-order valence-electron chi connectivity index (χ0n) is 17.2. The van der Waals surface area contributed by atoms with Crippen LogP contribution in [0.3, 0.4) is 0 Å². The monoisotopic (exact) mass is 436 g/mol. The van der Waals surface area contributed by atoms with Crippen molar-refractivity contribution in [3.05, 3.63) is 77.3 Å². The molecular weight excluding hydrogens is 416 g/mol. The summed E-state index contributed by atoms with van der Waals surface area (Å²) < 4.78 is 16.1. The molecule has 1 unspecified atom stereocenters. The van der Waals surface area contributed by atoms with E-state index in [4.69, 9.17) is 13.8 Å². The molecule has 0 amide bonds. The first kappa shape index (κ1) is 20.8. The van der Waals surface area contributed by atoms with E-state index >= 15 is 0 Å². The standard InChI is InChI=1S/C22H20N4O4S/c1-13-18(14(2)29-25-13)12-31-19-9-5-4-8-17(19)22(27)28-15(3)21-24-20(26-30-21)16-7-6-10-23-11-16/h4-11,15H,12H2,1-3H3. The molecule has 0 aliphatic heterocycles. The Morgan fingerprint density at radius 2 is 1.97 bits per heavy atom. The van der Waals surface area contributed by atoms with Crippen LogP contribution in [0.25, 0.3) is 11.4 Å². The van der Waals surface area contributed by atoms with Gasteiger partial charge in [-0.25, -0.2) is 4.79 Å². The second-order valence-corrected chi connectivity index (χ2v) is 7.85. The average Bonchev–Trinajstić information content (AvgIpc) is 3.40. The molecule has 1 atom stereocenters. The Hall–Kier alpha value is -3.46. The average molecular weight is 436 g/mol. The van der Waals surface area contributed by atoms with Gasteiger partial charge in [0.05, 0.1) is 11.3 Å². The SMILES string of the molecule is Cc1noc(C)c1CSc1ccccc1C(=O)OC(C)c1nc(-c2cccnc2)no1. The van der Waals surface area contributed by atoms with E-state index in [-0.39, 0.29) is 5.89 Å². The van der Waals surface area contributed by atoms with Crippen molar-refractivity contribution in [3.8, 4) is 11.4 Å². The molecule has 158 valence electrons. The Bertz CT molecular complexity index is 1170. The van der Waals surface area contributed by atoms with Crippen LogP contribution in [0.15, 0.2) is 62.7 Å². The number of aryl methyl sites for hydroxylation is 2. The maximum atomic E-state index is 12.9. The largest absolute Gasteiger partial charge is 0.449 e. The van der Waals surface area contributed by atoms with Gasteiger partial charge in [0.1, 0.15) is 5.76 Å². The van der Waals surface area contributed by atoms with Crippen molar-refractivity contribution in [2.75, 3.05) is 0 Å². The quantitative estimate of drug-likeness (QED) is 0.294. The van der Waals surface area contributed by atoms with Gasteiger partial charge < -0.3 is 13.8 Å². The van der Waals surface area contributed by atoms with E-state index in [1.165, 1.54) is 11.8 Å². The predicted octanol–water partition coefficient (Wildman–Crippen LogP) is 4.95. The van der Waals surface area contributed by atoms with E-state index in [9.17, 15) is 4.79 Å². The Morgan fingerprint density at radius 1 is 1.13 bits per heavy atom. The van der Waals surface area contributed by atoms with Gasteiger partial charge in [0.15, 0.2) is 6.10 Å². The predicted molar refractivity (Wildman–Crippen MR) is 113 cm³/mol. The second-order valence-electron chi connectivity index (χ2n) is 6.83.